The molecule has 0 amide bonds. The van der Waals surface area contributed by atoms with Crippen molar-refractivity contribution in [1.82, 2.24) is 9.97 Å². The highest BCUT2D eigenvalue weighted by atomic mass is 19.1. The number of halogens is 1. The molecule has 0 spiro atoms. The van der Waals surface area contributed by atoms with Gasteiger partial charge in [-0.05, 0) is 36.8 Å². The number of allylic oxidation sites excluding steroid dienone is 6. The van der Waals surface area contributed by atoms with Gasteiger partial charge < -0.3 is 24.3 Å². The average Bonchev–Trinajstić information content (AvgIpc) is 3.14. The maximum atomic E-state index is 14.3. The Bertz CT molecular complexity index is 1340. The Morgan fingerprint density at radius 1 is 1.11 bits per heavy atom. The number of carbonyl (C=O) groups excluding carboxylic acids is 1. The summed E-state index contributed by atoms with van der Waals surface area (Å²) in [6.45, 7) is 3.23. The lowest BCUT2D eigenvalue weighted by atomic mass is 10.2. The van der Waals surface area contributed by atoms with Crippen LogP contribution in [0.25, 0.3) is 5.57 Å². The van der Waals surface area contributed by atoms with Crippen molar-refractivity contribution in [3.05, 3.63) is 90.6 Å². The van der Waals surface area contributed by atoms with Gasteiger partial charge in [0.05, 0.1) is 31.2 Å². The minimum atomic E-state index is -0.978. The monoisotopic (exact) mass is 501 g/mol. The molecule has 0 atom stereocenters. The summed E-state index contributed by atoms with van der Waals surface area (Å²) in [6, 6.07) is 10.8. The zero-order valence-electron chi connectivity index (χ0n) is 20.6. The van der Waals surface area contributed by atoms with E-state index in [0.717, 1.165) is 43.4 Å². The minimum absolute atomic E-state index is 0.0950. The first-order valence-corrected chi connectivity index (χ1v) is 12.2. The van der Waals surface area contributed by atoms with Crippen LogP contribution in [-0.2, 0) is 0 Å². The van der Waals surface area contributed by atoms with Crippen LogP contribution in [0.5, 0.6) is 5.75 Å². The molecule has 1 aliphatic heterocycles. The average molecular weight is 502 g/mol. The number of Topliss-reactive ketones (excluding diaryl/α,β-unsaturated/α-hetero) is 1. The van der Waals surface area contributed by atoms with Crippen molar-refractivity contribution in [2.75, 3.05) is 55.0 Å². The van der Waals surface area contributed by atoms with Gasteiger partial charge >= 0.3 is 6.01 Å². The first-order valence-electron chi connectivity index (χ1n) is 12.2. The highest BCUT2D eigenvalue weighted by Gasteiger charge is 2.22. The SMILES string of the molecule is COc1ccccc1N1CCN(c2ccc(NCC(=O)c3nc(C4=CCC=CC=C4)oc3F)cn2)CC1. The fourth-order valence-corrected chi connectivity index (χ4v) is 4.35. The molecule has 0 unspecified atom stereocenters. The van der Waals surface area contributed by atoms with Crippen molar-refractivity contribution in [1.29, 1.82) is 0 Å². The number of hydrogen-bond donors (Lipinski definition) is 1. The summed E-state index contributed by atoms with van der Waals surface area (Å²) >= 11 is 0. The molecule has 190 valence electrons. The molecule has 1 saturated heterocycles. The zero-order valence-corrected chi connectivity index (χ0v) is 20.6. The van der Waals surface area contributed by atoms with Crippen LogP contribution in [0.2, 0.25) is 0 Å². The van der Waals surface area contributed by atoms with Gasteiger partial charge in [-0.2, -0.15) is 4.39 Å². The van der Waals surface area contributed by atoms with Crippen LogP contribution >= 0.6 is 0 Å². The van der Waals surface area contributed by atoms with Gasteiger partial charge in [-0.15, -0.1) is 0 Å². The van der Waals surface area contributed by atoms with E-state index in [1.54, 1.807) is 19.4 Å². The van der Waals surface area contributed by atoms with Gasteiger partial charge in [0, 0.05) is 31.8 Å². The molecule has 1 N–H and O–H groups in total. The third kappa shape index (κ3) is 5.55. The van der Waals surface area contributed by atoms with Crippen molar-refractivity contribution >= 4 is 28.5 Å². The van der Waals surface area contributed by atoms with Gasteiger partial charge in [-0.1, -0.05) is 36.4 Å². The summed E-state index contributed by atoms with van der Waals surface area (Å²) in [5.74, 6) is 1.33. The van der Waals surface area contributed by atoms with E-state index in [9.17, 15) is 9.18 Å². The van der Waals surface area contributed by atoms with Gasteiger partial charge in [-0.3, -0.25) is 4.79 Å². The number of pyridine rings is 1. The van der Waals surface area contributed by atoms with E-state index < -0.39 is 11.8 Å². The Morgan fingerprint density at radius 3 is 2.70 bits per heavy atom. The Kier molecular flexibility index (Phi) is 7.30. The quantitative estimate of drug-likeness (QED) is 0.443. The molecule has 3 heterocycles. The molecule has 9 heteroatoms. The molecule has 2 aliphatic rings. The van der Waals surface area contributed by atoms with Crippen LogP contribution in [-0.4, -0.2) is 55.6 Å². The molecule has 2 aromatic heterocycles. The standard InChI is InChI=1S/C28H28FN5O3/c1-36-24-11-7-6-10-22(24)33-14-16-34(17-15-33)25-13-12-21(18-31-25)30-19-23(35)26-27(29)37-28(32-26)20-8-4-2-3-5-9-20/h2-4,6-13,18,30H,5,14-17,19H2,1H3. The fraction of sp³-hybridized carbons (Fsp3) is 0.250. The van der Waals surface area contributed by atoms with Gasteiger partial charge in [0.25, 0.3) is 0 Å². The van der Waals surface area contributed by atoms with Crippen LogP contribution in [0.4, 0.5) is 21.6 Å². The molecule has 0 bridgehead atoms. The van der Waals surface area contributed by atoms with E-state index in [2.05, 4.69) is 31.2 Å². The van der Waals surface area contributed by atoms with Crippen LogP contribution < -0.4 is 19.9 Å². The maximum Gasteiger partial charge on any atom is 0.309 e. The summed E-state index contributed by atoms with van der Waals surface area (Å²) < 4.78 is 24.9. The fourth-order valence-electron chi connectivity index (χ4n) is 4.35. The Balaban J connectivity index is 1.15. The van der Waals surface area contributed by atoms with Crippen molar-refractivity contribution < 1.29 is 18.3 Å². The van der Waals surface area contributed by atoms with Crippen LogP contribution in [0.15, 0.2) is 77.4 Å². The molecular weight excluding hydrogens is 473 g/mol. The predicted octanol–water partition coefficient (Wildman–Crippen LogP) is 4.74. The highest BCUT2D eigenvalue weighted by molar-refractivity contribution is 5.97. The molecule has 0 saturated carbocycles. The second-order valence-electron chi connectivity index (χ2n) is 8.65. The number of ether oxygens (including phenoxy) is 1. The lowest BCUT2D eigenvalue weighted by molar-refractivity contribution is 0.0995. The van der Waals surface area contributed by atoms with Crippen LogP contribution in [0, 0.1) is 6.01 Å². The molecule has 1 aromatic carbocycles. The van der Waals surface area contributed by atoms with Gasteiger partial charge in [0.2, 0.25) is 11.7 Å². The molecule has 5 rings (SSSR count). The number of ketones is 1. The Morgan fingerprint density at radius 2 is 1.92 bits per heavy atom. The topological polar surface area (TPSA) is 83.7 Å². The predicted molar refractivity (Wildman–Crippen MR) is 142 cm³/mol. The molecule has 37 heavy (non-hydrogen) atoms. The maximum absolute atomic E-state index is 14.3. The molecule has 3 aromatic rings. The zero-order chi connectivity index (χ0) is 25.6. The van der Waals surface area contributed by atoms with Crippen LogP contribution in [0.3, 0.4) is 0 Å². The highest BCUT2D eigenvalue weighted by Crippen LogP contribution is 2.29. The summed E-state index contributed by atoms with van der Waals surface area (Å²) in [4.78, 5) is 25.8. The minimum Gasteiger partial charge on any atom is -0.495 e. The second-order valence-corrected chi connectivity index (χ2v) is 8.65. The number of oxazole rings is 1. The first-order chi connectivity index (χ1) is 18.1. The number of aromatic nitrogens is 2. The molecule has 1 fully saturated rings. The number of anilines is 3. The number of nitrogens with one attached hydrogen (secondary N) is 1. The van der Waals surface area contributed by atoms with Crippen LogP contribution in [0.1, 0.15) is 22.8 Å². The van der Waals surface area contributed by atoms with Crippen molar-refractivity contribution in [3.63, 3.8) is 0 Å². The normalized spacial score (nSPS) is 15.4. The third-order valence-corrected chi connectivity index (χ3v) is 6.32. The molecule has 1 aliphatic carbocycles. The summed E-state index contributed by atoms with van der Waals surface area (Å²) in [5.41, 5.74) is 2.08. The molecule has 0 radical (unpaired) electrons. The largest absolute Gasteiger partial charge is 0.495 e. The number of carbonyl (C=O) groups is 1. The van der Waals surface area contributed by atoms with E-state index in [4.69, 9.17) is 9.15 Å². The number of benzene rings is 1. The number of methoxy groups -OCH3 is 1. The van der Waals surface area contributed by atoms with Gasteiger partial charge in [0.1, 0.15) is 11.6 Å². The van der Waals surface area contributed by atoms with E-state index >= 15 is 0 Å². The summed E-state index contributed by atoms with van der Waals surface area (Å²) in [7, 11) is 1.69. The van der Waals surface area contributed by atoms with Gasteiger partial charge in [-0.25, -0.2) is 9.97 Å². The summed E-state index contributed by atoms with van der Waals surface area (Å²) in [6.07, 6.45) is 11.7. The van der Waals surface area contributed by atoms with Gasteiger partial charge in [0.15, 0.2) is 5.69 Å². The molecular formula is C28H28FN5O3. The van der Waals surface area contributed by atoms with Crippen molar-refractivity contribution in [2.24, 2.45) is 0 Å². The Hall–Kier alpha value is -4.40. The number of hydrogen-bond acceptors (Lipinski definition) is 8. The van der Waals surface area contributed by atoms with E-state index in [1.165, 1.54) is 0 Å². The lowest BCUT2D eigenvalue weighted by Crippen LogP contribution is -2.46. The number of piperazine rings is 1. The number of rotatable bonds is 8. The lowest BCUT2D eigenvalue weighted by Gasteiger charge is -2.37. The third-order valence-electron chi connectivity index (χ3n) is 6.32. The number of nitrogens with zero attached hydrogens (tertiary/aromatic N) is 4. The first kappa shape index (κ1) is 24.3. The van der Waals surface area contributed by atoms with Crippen molar-refractivity contribution in [2.45, 2.75) is 6.42 Å². The van der Waals surface area contributed by atoms with E-state index in [-0.39, 0.29) is 18.1 Å². The van der Waals surface area contributed by atoms with Crippen molar-refractivity contribution in [3.8, 4) is 5.75 Å². The van der Waals surface area contributed by atoms with E-state index in [1.807, 2.05) is 54.6 Å². The smallest absolute Gasteiger partial charge is 0.309 e. The second kappa shape index (κ2) is 11.1. The summed E-state index contributed by atoms with van der Waals surface area (Å²) in [5, 5.41) is 3.00. The van der Waals surface area contributed by atoms with E-state index in [0.29, 0.717) is 17.7 Å². The molecule has 8 nitrogen and oxygen atoms in total. The Labute approximate surface area is 214 Å². The number of para-hydroxylation sites is 2.